The molecule has 0 atom stereocenters. The van der Waals surface area contributed by atoms with Crippen molar-refractivity contribution in [2.75, 3.05) is 37.9 Å². The zero-order valence-electron chi connectivity index (χ0n) is 16.4. The number of piperazine rings is 1. The van der Waals surface area contributed by atoms with Crippen LogP contribution in [0.3, 0.4) is 0 Å². The first-order valence-corrected chi connectivity index (χ1v) is 11.6. The summed E-state index contributed by atoms with van der Waals surface area (Å²) in [6.45, 7) is 1.95. The van der Waals surface area contributed by atoms with Crippen LogP contribution >= 0.6 is 11.6 Å². The van der Waals surface area contributed by atoms with Gasteiger partial charge in [-0.25, -0.2) is 8.42 Å². The minimum atomic E-state index is -3.63. The second-order valence-corrected chi connectivity index (χ2v) is 9.48. The topological polar surface area (TPSA) is 84.9 Å². The van der Waals surface area contributed by atoms with E-state index in [9.17, 15) is 8.42 Å². The predicted molar refractivity (Wildman–Crippen MR) is 116 cm³/mol. The molecule has 2 aliphatic heterocycles. The number of rotatable bonds is 4. The molecule has 10 heteroatoms. The number of sulfonamides is 1. The fourth-order valence-electron chi connectivity index (χ4n) is 3.65. The number of nitrogens with zero attached hydrogens (tertiary/aromatic N) is 4. The Bertz CT molecular complexity index is 1210. The molecular formula is C21H19ClN4O4S. The molecular weight excluding hydrogens is 440 g/mol. The zero-order chi connectivity index (χ0) is 21.4. The highest BCUT2D eigenvalue weighted by Crippen LogP contribution is 2.35. The van der Waals surface area contributed by atoms with Gasteiger partial charge < -0.3 is 14.4 Å². The van der Waals surface area contributed by atoms with Gasteiger partial charge in [-0.2, -0.15) is 4.31 Å². The normalized spacial score (nSPS) is 16.5. The summed E-state index contributed by atoms with van der Waals surface area (Å²) in [5.74, 6) is 2.12. The molecule has 0 aliphatic carbocycles. The molecule has 0 saturated carbocycles. The van der Waals surface area contributed by atoms with Gasteiger partial charge in [0, 0.05) is 31.7 Å². The van der Waals surface area contributed by atoms with Crippen molar-refractivity contribution < 1.29 is 17.9 Å². The van der Waals surface area contributed by atoms with Crippen molar-refractivity contribution in [3.05, 3.63) is 59.6 Å². The molecule has 1 aromatic heterocycles. The average molecular weight is 459 g/mol. The second-order valence-electron chi connectivity index (χ2n) is 7.17. The van der Waals surface area contributed by atoms with Crippen LogP contribution in [0.15, 0.2) is 59.5 Å². The minimum absolute atomic E-state index is 0.137. The van der Waals surface area contributed by atoms with Crippen molar-refractivity contribution in [3.63, 3.8) is 0 Å². The lowest BCUT2D eigenvalue weighted by molar-refractivity contribution is 0.174. The van der Waals surface area contributed by atoms with Crippen LogP contribution in [0.2, 0.25) is 5.02 Å². The highest BCUT2D eigenvalue weighted by molar-refractivity contribution is 7.89. The molecule has 3 aromatic rings. The highest BCUT2D eigenvalue weighted by atomic mass is 35.5. The summed E-state index contributed by atoms with van der Waals surface area (Å²) in [7, 11) is -3.63. The van der Waals surface area contributed by atoms with Crippen LogP contribution in [-0.2, 0) is 10.0 Å². The highest BCUT2D eigenvalue weighted by Gasteiger charge is 2.30. The molecule has 5 rings (SSSR count). The van der Waals surface area contributed by atoms with Crippen molar-refractivity contribution in [1.82, 2.24) is 14.5 Å². The Morgan fingerprint density at radius 1 is 0.871 bits per heavy atom. The Kier molecular flexibility index (Phi) is 5.17. The Balaban J connectivity index is 1.27. The van der Waals surface area contributed by atoms with Gasteiger partial charge in [-0.1, -0.05) is 23.7 Å². The van der Waals surface area contributed by atoms with Gasteiger partial charge in [-0.15, -0.1) is 10.2 Å². The lowest BCUT2D eigenvalue weighted by Gasteiger charge is -2.34. The Morgan fingerprint density at radius 3 is 2.39 bits per heavy atom. The van der Waals surface area contributed by atoms with E-state index in [2.05, 4.69) is 10.2 Å². The van der Waals surface area contributed by atoms with E-state index in [0.717, 1.165) is 17.0 Å². The molecule has 0 spiro atoms. The summed E-state index contributed by atoms with van der Waals surface area (Å²) in [6.07, 6.45) is 0. The molecule has 0 amide bonds. The third kappa shape index (κ3) is 3.80. The van der Waals surface area contributed by atoms with Gasteiger partial charge in [-0.3, -0.25) is 0 Å². The van der Waals surface area contributed by atoms with Gasteiger partial charge in [0.1, 0.15) is 4.90 Å². The third-order valence-corrected chi connectivity index (χ3v) is 7.73. The Labute approximate surface area is 185 Å². The molecule has 3 heterocycles. The first-order chi connectivity index (χ1) is 15.0. The summed E-state index contributed by atoms with van der Waals surface area (Å²) in [6, 6.07) is 15.9. The molecule has 1 saturated heterocycles. The number of hydrogen-bond acceptors (Lipinski definition) is 7. The predicted octanol–water partition coefficient (Wildman–Crippen LogP) is 3.04. The minimum Gasteiger partial charge on any atom is -0.454 e. The molecule has 1 fully saturated rings. The van der Waals surface area contributed by atoms with Crippen LogP contribution in [0.25, 0.3) is 11.3 Å². The standard InChI is InChI=1S/C21H19ClN4O4S/c22-16-3-1-2-4-20(16)31(27,28)26-11-9-25(10-12-26)21-8-6-17(23-24-21)15-5-7-18-19(13-15)30-14-29-18/h1-8,13H,9-12,14H2. The van der Waals surface area contributed by atoms with Gasteiger partial charge in [0.2, 0.25) is 16.8 Å². The fourth-order valence-corrected chi connectivity index (χ4v) is 5.57. The Morgan fingerprint density at radius 2 is 1.65 bits per heavy atom. The SMILES string of the molecule is O=S(=O)(c1ccccc1Cl)N1CCN(c2ccc(-c3ccc4c(c3)OCO4)nn2)CC1. The van der Waals surface area contributed by atoms with E-state index in [4.69, 9.17) is 21.1 Å². The fraction of sp³-hybridized carbons (Fsp3) is 0.238. The number of aromatic nitrogens is 2. The molecule has 0 N–H and O–H groups in total. The lowest BCUT2D eigenvalue weighted by atomic mass is 10.1. The van der Waals surface area contributed by atoms with Crippen LogP contribution in [0.1, 0.15) is 0 Å². The maximum Gasteiger partial charge on any atom is 0.244 e. The van der Waals surface area contributed by atoms with Crippen molar-refractivity contribution in [3.8, 4) is 22.8 Å². The number of fused-ring (bicyclic) bond motifs is 1. The van der Waals surface area contributed by atoms with Gasteiger partial charge in [0.05, 0.1) is 10.7 Å². The summed E-state index contributed by atoms with van der Waals surface area (Å²) in [5, 5.41) is 8.92. The first-order valence-electron chi connectivity index (χ1n) is 9.76. The van der Waals surface area contributed by atoms with E-state index in [1.165, 1.54) is 10.4 Å². The van der Waals surface area contributed by atoms with Gasteiger partial charge in [0.15, 0.2) is 17.3 Å². The molecule has 0 bridgehead atoms. The number of halogens is 1. The lowest BCUT2D eigenvalue weighted by Crippen LogP contribution is -2.49. The Hall–Kier alpha value is -2.88. The van der Waals surface area contributed by atoms with Crippen LogP contribution in [0.4, 0.5) is 5.82 Å². The van der Waals surface area contributed by atoms with E-state index in [0.29, 0.717) is 37.7 Å². The number of ether oxygens (including phenoxy) is 2. The summed E-state index contributed by atoms with van der Waals surface area (Å²) < 4.78 is 38.0. The largest absolute Gasteiger partial charge is 0.454 e. The van der Waals surface area contributed by atoms with Crippen LogP contribution in [0.5, 0.6) is 11.5 Å². The molecule has 8 nitrogen and oxygen atoms in total. The van der Waals surface area contributed by atoms with E-state index in [1.807, 2.05) is 35.2 Å². The summed E-state index contributed by atoms with van der Waals surface area (Å²) in [4.78, 5) is 2.16. The van der Waals surface area contributed by atoms with Gasteiger partial charge >= 0.3 is 0 Å². The van der Waals surface area contributed by atoms with Crippen molar-refractivity contribution in [2.24, 2.45) is 0 Å². The number of hydrogen-bond donors (Lipinski definition) is 0. The average Bonchev–Trinajstić information content (AvgIpc) is 3.27. The zero-order valence-corrected chi connectivity index (χ0v) is 18.0. The van der Waals surface area contributed by atoms with Crippen molar-refractivity contribution in [1.29, 1.82) is 0 Å². The number of benzene rings is 2. The van der Waals surface area contributed by atoms with Crippen molar-refractivity contribution >= 4 is 27.4 Å². The molecule has 0 radical (unpaired) electrons. The molecule has 0 unspecified atom stereocenters. The molecule has 2 aromatic carbocycles. The maximum atomic E-state index is 12.9. The first kappa shape index (κ1) is 20.0. The van der Waals surface area contributed by atoms with Gasteiger partial charge in [0.25, 0.3) is 0 Å². The second kappa shape index (κ2) is 7.99. The van der Waals surface area contributed by atoms with Gasteiger partial charge in [-0.05, 0) is 42.5 Å². The van der Waals surface area contributed by atoms with Crippen LogP contribution in [0, 0.1) is 0 Å². The van der Waals surface area contributed by atoms with Crippen molar-refractivity contribution in [2.45, 2.75) is 4.90 Å². The quantitative estimate of drug-likeness (QED) is 0.594. The van der Waals surface area contributed by atoms with E-state index in [-0.39, 0.29) is 16.7 Å². The van der Waals surface area contributed by atoms with E-state index >= 15 is 0 Å². The van der Waals surface area contributed by atoms with Crippen LogP contribution in [-0.4, -0.2) is 55.9 Å². The molecule has 2 aliphatic rings. The monoisotopic (exact) mass is 458 g/mol. The summed E-state index contributed by atoms with van der Waals surface area (Å²) in [5.41, 5.74) is 1.61. The number of anilines is 1. The van der Waals surface area contributed by atoms with Crippen LogP contribution < -0.4 is 14.4 Å². The summed E-state index contributed by atoms with van der Waals surface area (Å²) >= 11 is 6.10. The smallest absolute Gasteiger partial charge is 0.244 e. The van der Waals surface area contributed by atoms with E-state index in [1.54, 1.807) is 18.2 Å². The van der Waals surface area contributed by atoms with E-state index < -0.39 is 10.0 Å². The third-order valence-electron chi connectivity index (χ3n) is 5.34. The maximum absolute atomic E-state index is 12.9. The molecule has 160 valence electrons. The molecule has 31 heavy (non-hydrogen) atoms.